The maximum Gasteiger partial charge on any atom is 0.411 e. The fraction of sp³-hybridized carbons (Fsp3) is 0.467. The van der Waals surface area contributed by atoms with Crippen LogP contribution >= 0.6 is 0 Å². The van der Waals surface area contributed by atoms with E-state index in [2.05, 4.69) is 0 Å². The highest BCUT2D eigenvalue weighted by molar-refractivity contribution is 5.83. The third-order valence-electron chi connectivity index (χ3n) is 3.47. The molecule has 1 aliphatic heterocycles. The molecule has 5 heteroatoms. The second-order valence-corrected chi connectivity index (χ2v) is 4.96. The molecule has 1 fully saturated rings. The molecule has 0 saturated carbocycles. The highest BCUT2D eigenvalue weighted by Crippen LogP contribution is 2.25. The number of aliphatic carboxylic acids is 1. The zero-order valence-electron chi connectivity index (χ0n) is 11.5. The zero-order chi connectivity index (χ0) is 14.5. The van der Waals surface area contributed by atoms with Crippen molar-refractivity contribution in [3.05, 3.63) is 35.9 Å². The summed E-state index contributed by atoms with van der Waals surface area (Å²) in [6, 6.07) is 8.44. The first-order valence-corrected chi connectivity index (χ1v) is 6.87. The number of amides is 1. The topological polar surface area (TPSA) is 66.8 Å². The third-order valence-corrected chi connectivity index (χ3v) is 3.47. The van der Waals surface area contributed by atoms with Crippen molar-refractivity contribution in [1.82, 2.24) is 4.90 Å². The lowest BCUT2D eigenvalue weighted by molar-refractivity contribution is -0.143. The maximum absolute atomic E-state index is 11.9. The van der Waals surface area contributed by atoms with E-state index in [1.165, 1.54) is 4.90 Å². The molecule has 1 saturated heterocycles. The van der Waals surface area contributed by atoms with Gasteiger partial charge in [-0.2, -0.15) is 0 Å². The average molecular weight is 277 g/mol. The lowest BCUT2D eigenvalue weighted by Gasteiger charge is -2.20. The molecule has 0 unspecified atom stereocenters. The van der Waals surface area contributed by atoms with Crippen LogP contribution in [0.15, 0.2) is 30.3 Å². The van der Waals surface area contributed by atoms with Gasteiger partial charge in [0.2, 0.25) is 0 Å². The number of carbonyl (C=O) groups is 2. The van der Waals surface area contributed by atoms with E-state index in [1.807, 2.05) is 37.3 Å². The quantitative estimate of drug-likeness (QED) is 0.868. The molecule has 108 valence electrons. The van der Waals surface area contributed by atoms with E-state index in [4.69, 9.17) is 4.74 Å². The molecule has 5 nitrogen and oxygen atoms in total. The highest BCUT2D eigenvalue weighted by atomic mass is 16.6. The van der Waals surface area contributed by atoms with Crippen molar-refractivity contribution in [3.8, 4) is 0 Å². The van der Waals surface area contributed by atoms with Gasteiger partial charge in [-0.05, 0) is 18.4 Å². The number of cyclic esters (lactones) is 1. The number of carboxylic acid groups (broad SMARTS) is 1. The first-order chi connectivity index (χ1) is 9.63. The first-order valence-electron chi connectivity index (χ1n) is 6.87. The lowest BCUT2D eigenvalue weighted by Crippen LogP contribution is -2.42. The van der Waals surface area contributed by atoms with Crippen molar-refractivity contribution in [1.29, 1.82) is 0 Å². The summed E-state index contributed by atoms with van der Waals surface area (Å²) in [5.74, 6) is -1.01. The number of carboxylic acids is 1. The van der Waals surface area contributed by atoms with Gasteiger partial charge in [-0.15, -0.1) is 0 Å². The Balaban J connectivity index is 2.13. The molecule has 1 aromatic carbocycles. The summed E-state index contributed by atoms with van der Waals surface area (Å²) in [7, 11) is 0. The highest BCUT2D eigenvalue weighted by Gasteiger charge is 2.45. The molecular weight excluding hydrogens is 258 g/mol. The lowest BCUT2D eigenvalue weighted by atomic mass is 10.0. The Labute approximate surface area is 118 Å². The summed E-state index contributed by atoms with van der Waals surface area (Å²) in [6.07, 6.45) is 1.29. The molecule has 1 aromatic rings. The summed E-state index contributed by atoms with van der Waals surface area (Å²) >= 11 is 0. The number of hydrogen-bond acceptors (Lipinski definition) is 3. The van der Waals surface area contributed by atoms with Gasteiger partial charge in [-0.3, -0.25) is 4.90 Å². The van der Waals surface area contributed by atoms with Crippen molar-refractivity contribution >= 4 is 12.1 Å². The largest absolute Gasteiger partial charge is 0.480 e. The summed E-state index contributed by atoms with van der Waals surface area (Å²) in [4.78, 5) is 24.7. The normalized spacial score (nSPS) is 21.9. The zero-order valence-corrected chi connectivity index (χ0v) is 11.5. The molecule has 2 atom stereocenters. The van der Waals surface area contributed by atoms with Gasteiger partial charge in [0, 0.05) is 0 Å². The van der Waals surface area contributed by atoms with E-state index in [0.29, 0.717) is 6.42 Å². The van der Waals surface area contributed by atoms with Crippen molar-refractivity contribution in [3.63, 3.8) is 0 Å². The van der Waals surface area contributed by atoms with Gasteiger partial charge in [-0.25, -0.2) is 9.59 Å². The molecule has 0 aromatic heterocycles. The maximum atomic E-state index is 11.9. The minimum atomic E-state index is -1.01. The van der Waals surface area contributed by atoms with Gasteiger partial charge in [-0.1, -0.05) is 43.7 Å². The van der Waals surface area contributed by atoms with Crippen LogP contribution in [0, 0.1) is 0 Å². The summed E-state index contributed by atoms with van der Waals surface area (Å²) in [6.45, 7) is 2.29. The number of hydrogen-bond donors (Lipinski definition) is 1. The number of benzene rings is 1. The molecule has 0 aliphatic carbocycles. The third kappa shape index (κ3) is 3.10. The second-order valence-electron chi connectivity index (χ2n) is 4.96. The molecule has 20 heavy (non-hydrogen) atoms. The predicted octanol–water partition coefficient (Wildman–Crippen LogP) is 2.65. The Kier molecular flexibility index (Phi) is 4.61. The van der Waals surface area contributed by atoms with Crippen molar-refractivity contribution in [2.45, 2.75) is 44.9 Å². The van der Waals surface area contributed by atoms with Crippen LogP contribution in [0.4, 0.5) is 4.79 Å². The van der Waals surface area contributed by atoms with E-state index in [1.54, 1.807) is 0 Å². The van der Waals surface area contributed by atoms with Crippen LogP contribution in [0.2, 0.25) is 0 Å². The van der Waals surface area contributed by atoms with Gasteiger partial charge in [0.25, 0.3) is 0 Å². The number of unbranched alkanes of at least 4 members (excludes halogenated alkanes) is 1. The summed E-state index contributed by atoms with van der Waals surface area (Å²) < 4.78 is 5.23. The average Bonchev–Trinajstić information content (AvgIpc) is 2.74. The van der Waals surface area contributed by atoms with Gasteiger partial charge in [0.15, 0.2) is 6.04 Å². The molecule has 1 amide bonds. The second kappa shape index (κ2) is 6.41. The Morgan fingerprint density at radius 2 is 2.05 bits per heavy atom. The number of nitrogens with zero attached hydrogens (tertiary/aromatic N) is 1. The van der Waals surface area contributed by atoms with Crippen LogP contribution in [0.5, 0.6) is 0 Å². The van der Waals surface area contributed by atoms with E-state index in [9.17, 15) is 14.7 Å². The molecule has 0 radical (unpaired) electrons. The number of carbonyl (C=O) groups excluding carboxylic acids is 1. The van der Waals surface area contributed by atoms with Crippen LogP contribution in [-0.4, -0.2) is 34.2 Å². The monoisotopic (exact) mass is 277 g/mol. The van der Waals surface area contributed by atoms with Crippen LogP contribution < -0.4 is 0 Å². The smallest absolute Gasteiger partial charge is 0.411 e. The van der Waals surface area contributed by atoms with E-state index in [0.717, 1.165) is 18.4 Å². The SMILES string of the molecule is CCCC[C@@H]1OC(=O)N(Cc2ccccc2)[C@H]1C(=O)O. The van der Waals surface area contributed by atoms with Crippen molar-refractivity contribution in [2.24, 2.45) is 0 Å². The van der Waals surface area contributed by atoms with E-state index >= 15 is 0 Å². The Hall–Kier alpha value is -2.04. The number of rotatable bonds is 6. The molecule has 0 spiro atoms. The molecule has 2 rings (SSSR count). The van der Waals surface area contributed by atoms with Gasteiger partial charge in [0.1, 0.15) is 6.10 Å². The summed E-state index contributed by atoms with van der Waals surface area (Å²) in [5, 5.41) is 9.38. The molecule has 1 heterocycles. The fourth-order valence-corrected chi connectivity index (χ4v) is 2.43. The Bertz CT molecular complexity index is 474. The first kappa shape index (κ1) is 14.4. The fourth-order valence-electron chi connectivity index (χ4n) is 2.43. The summed E-state index contributed by atoms with van der Waals surface area (Å²) in [5.41, 5.74) is 0.895. The van der Waals surface area contributed by atoms with Crippen LogP contribution in [0.25, 0.3) is 0 Å². The predicted molar refractivity (Wildman–Crippen MR) is 73.2 cm³/mol. The van der Waals surface area contributed by atoms with E-state index < -0.39 is 24.2 Å². The van der Waals surface area contributed by atoms with E-state index in [-0.39, 0.29) is 6.54 Å². The van der Waals surface area contributed by atoms with Crippen LogP contribution in [0.3, 0.4) is 0 Å². The molecule has 0 bridgehead atoms. The van der Waals surface area contributed by atoms with Crippen molar-refractivity contribution < 1.29 is 19.4 Å². The van der Waals surface area contributed by atoms with Gasteiger partial charge >= 0.3 is 12.1 Å². The number of ether oxygens (including phenoxy) is 1. The van der Waals surface area contributed by atoms with Gasteiger partial charge in [0.05, 0.1) is 6.54 Å². The minimum absolute atomic E-state index is 0.263. The Morgan fingerprint density at radius 3 is 2.65 bits per heavy atom. The molecule has 1 aliphatic rings. The standard InChI is InChI=1S/C15H19NO4/c1-2-3-9-12-13(14(17)18)16(15(19)20-12)10-11-7-5-4-6-8-11/h4-8,12-13H,2-3,9-10H2,1H3,(H,17,18)/t12-,13+/m0/s1. The Morgan fingerprint density at radius 1 is 1.35 bits per heavy atom. The van der Waals surface area contributed by atoms with Crippen LogP contribution in [-0.2, 0) is 16.1 Å². The van der Waals surface area contributed by atoms with Crippen molar-refractivity contribution in [2.75, 3.05) is 0 Å². The van der Waals surface area contributed by atoms with Gasteiger partial charge < -0.3 is 9.84 Å². The minimum Gasteiger partial charge on any atom is -0.480 e. The molecule has 1 N–H and O–H groups in total. The molecular formula is C15H19NO4. The van der Waals surface area contributed by atoms with Crippen LogP contribution in [0.1, 0.15) is 31.7 Å².